The third kappa shape index (κ3) is 7.28. The van der Waals surface area contributed by atoms with Gasteiger partial charge in [-0.1, -0.05) is 34.1 Å². The molecular weight excluding hydrogens is 506 g/mol. The van der Waals surface area contributed by atoms with Crippen LogP contribution in [0.4, 0.5) is 5.69 Å². The van der Waals surface area contributed by atoms with Crippen LogP contribution in [0.5, 0.6) is 5.75 Å². The normalized spacial score (nSPS) is 24.9. The molecule has 2 aromatic rings. The molecule has 0 heterocycles. The molecule has 2 fully saturated rings. The maximum absolute atomic E-state index is 11.6. The topological polar surface area (TPSA) is 81.6 Å². The van der Waals surface area contributed by atoms with Gasteiger partial charge in [-0.25, -0.2) is 0 Å². The number of nitro groups is 1. The largest absolute Gasteiger partial charge is 0.490 e. The number of hydrogen-bond acceptors (Lipinski definition) is 5. The number of benzene rings is 2. The highest BCUT2D eigenvalue weighted by Gasteiger charge is 2.29. The van der Waals surface area contributed by atoms with Crippen molar-refractivity contribution < 1.29 is 9.66 Å². The summed E-state index contributed by atoms with van der Waals surface area (Å²) in [7, 11) is 1.47. The molecule has 2 saturated carbocycles. The zero-order chi connectivity index (χ0) is 24.8. The van der Waals surface area contributed by atoms with Gasteiger partial charge in [-0.2, -0.15) is 0 Å². The molecule has 4 rings (SSSR count). The summed E-state index contributed by atoms with van der Waals surface area (Å²) >= 11 is 3.53. The summed E-state index contributed by atoms with van der Waals surface area (Å²) < 4.78 is 6.28. The van der Waals surface area contributed by atoms with Crippen LogP contribution in [-0.4, -0.2) is 29.0 Å². The van der Waals surface area contributed by atoms with Crippen molar-refractivity contribution in [3.05, 3.63) is 68.2 Å². The second-order valence-electron chi connectivity index (χ2n) is 10.5. The lowest BCUT2D eigenvalue weighted by Gasteiger charge is -2.38. The summed E-state index contributed by atoms with van der Waals surface area (Å²) in [5.41, 5.74) is 8.35. The minimum Gasteiger partial charge on any atom is -0.490 e. The quantitative estimate of drug-likeness (QED) is 0.276. The highest BCUT2D eigenvalue weighted by atomic mass is 79.9. The van der Waals surface area contributed by atoms with Crippen molar-refractivity contribution in [3.8, 4) is 5.75 Å². The summed E-state index contributed by atoms with van der Waals surface area (Å²) in [4.78, 5) is 13.7. The first-order valence-corrected chi connectivity index (χ1v) is 13.8. The molecule has 0 spiro atoms. The molecule has 0 amide bonds. The highest BCUT2D eigenvalue weighted by molar-refractivity contribution is 9.10. The Morgan fingerprint density at radius 2 is 1.51 bits per heavy atom. The van der Waals surface area contributed by atoms with Crippen LogP contribution in [0.25, 0.3) is 0 Å². The summed E-state index contributed by atoms with van der Waals surface area (Å²) in [6.07, 6.45) is 11.2. The third-order valence-corrected chi connectivity index (χ3v) is 8.54. The maximum atomic E-state index is 11.6. The Morgan fingerprint density at radius 3 is 2.11 bits per heavy atom. The van der Waals surface area contributed by atoms with Gasteiger partial charge in [0.05, 0.1) is 12.0 Å². The van der Waals surface area contributed by atoms with Crippen molar-refractivity contribution in [2.24, 2.45) is 17.6 Å². The molecule has 0 saturated heterocycles. The first-order valence-electron chi connectivity index (χ1n) is 13.0. The second-order valence-corrected chi connectivity index (χ2v) is 11.4. The predicted molar refractivity (Wildman–Crippen MR) is 143 cm³/mol. The van der Waals surface area contributed by atoms with Crippen LogP contribution < -0.4 is 10.5 Å². The Labute approximate surface area is 217 Å². The van der Waals surface area contributed by atoms with Gasteiger partial charge in [0.15, 0.2) is 5.75 Å². The van der Waals surface area contributed by atoms with E-state index in [9.17, 15) is 10.1 Å². The first-order chi connectivity index (χ1) is 16.9. The minimum atomic E-state index is -0.356. The smallest absolute Gasteiger partial charge is 0.311 e. The van der Waals surface area contributed by atoms with E-state index in [0.29, 0.717) is 24.4 Å². The Hall–Kier alpha value is -1.96. The van der Waals surface area contributed by atoms with Gasteiger partial charge in [-0.05, 0) is 98.9 Å². The van der Waals surface area contributed by atoms with Crippen molar-refractivity contribution in [1.82, 2.24) is 4.90 Å². The first kappa shape index (κ1) is 26.1. The molecule has 2 aliphatic carbocycles. The van der Waals surface area contributed by atoms with E-state index >= 15 is 0 Å². The summed E-state index contributed by atoms with van der Waals surface area (Å²) in [5, 5.41) is 11.6. The number of methoxy groups -OCH3 is 1. The van der Waals surface area contributed by atoms with E-state index in [1.165, 1.54) is 70.5 Å². The molecule has 0 radical (unpaired) electrons. The third-order valence-electron chi connectivity index (χ3n) is 8.02. The van der Waals surface area contributed by atoms with E-state index < -0.39 is 0 Å². The average molecular weight is 545 g/mol. The van der Waals surface area contributed by atoms with Gasteiger partial charge >= 0.3 is 5.69 Å². The fourth-order valence-corrected chi connectivity index (χ4v) is 6.25. The van der Waals surface area contributed by atoms with Gasteiger partial charge in [-0.15, -0.1) is 0 Å². The van der Waals surface area contributed by atoms with E-state index in [1.807, 2.05) is 6.07 Å². The standard InChI is InChI=1S/C28H38BrN3O3/c1-35-28-15-8-23(17-27(28)32(33)34)19-31(18-22-2-9-24(29)10-3-22)26-13-6-21(7-14-26)16-20-4-11-25(30)12-5-20/h2-3,8-10,15,17,20-21,25-26H,4-7,11-14,16,18-19,30H2,1H3. The van der Waals surface area contributed by atoms with Crippen molar-refractivity contribution in [2.45, 2.75) is 83.0 Å². The number of ether oxygens (including phenoxy) is 1. The molecule has 2 aromatic carbocycles. The number of hydrogen-bond donors (Lipinski definition) is 1. The van der Waals surface area contributed by atoms with E-state index in [4.69, 9.17) is 10.5 Å². The van der Waals surface area contributed by atoms with Gasteiger partial charge in [0.1, 0.15) is 0 Å². The Bertz CT molecular complexity index is 968. The monoisotopic (exact) mass is 543 g/mol. The van der Waals surface area contributed by atoms with Crippen molar-refractivity contribution >= 4 is 21.6 Å². The predicted octanol–water partition coefficient (Wildman–Crippen LogP) is 6.83. The van der Waals surface area contributed by atoms with Crippen LogP contribution in [0, 0.1) is 22.0 Å². The van der Waals surface area contributed by atoms with Crippen molar-refractivity contribution in [2.75, 3.05) is 7.11 Å². The number of nitro benzene ring substituents is 1. The molecule has 2 aliphatic rings. The molecule has 2 N–H and O–H groups in total. The van der Waals surface area contributed by atoms with Crippen molar-refractivity contribution in [3.63, 3.8) is 0 Å². The lowest BCUT2D eigenvalue weighted by atomic mass is 9.75. The molecule has 6 nitrogen and oxygen atoms in total. The summed E-state index contributed by atoms with van der Waals surface area (Å²) in [6.45, 7) is 1.53. The SMILES string of the molecule is COc1ccc(CN(Cc2ccc(Br)cc2)C2CCC(CC3CCC(N)CC3)CC2)cc1[N+](=O)[O-]. The van der Waals surface area contributed by atoms with Crippen LogP contribution in [0.3, 0.4) is 0 Å². The number of nitrogens with zero attached hydrogens (tertiary/aromatic N) is 2. The summed E-state index contributed by atoms with van der Waals surface area (Å²) in [6, 6.07) is 14.7. The lowest BCUT2D eigenvalue weighted by Crippen LogP contribution is -2.37. The maximum Gasteiger partial charge on any atom is 0.311 e. The Balaban J connectivity index is 1.44. The zero-order valence-electron chi connectivity index (χ0n) is 20.7. The number of rotatable bonds is 9. The summed E-state index contributed by atoms with van der Waals surface area (Å²) in [5.74, 6) is 1.99. The van der Waals surface area contributed by atoms with E-state index in [0.717, 1.165) is 28.4 Å². The molecular formula is C28H38BrN3O3. The van der Waals surface area contributed by atoms with Crippen molar-refractivity contribution in [1.29, 1.82) is 0 Å². The fourth-order valence-electron chi connectivity index (χ4n) is 5.99. The Morgan fingerprint density at radius 1 is 0.943 bits per heavy atom. The Kier molecular flexibility index (Phi) is 9.20. The lowest BCUT2D eigenvalue weighted by molar-refractivity contribution is -0.385. The highest BCUT2D eigenvalue weighted by Crippen LogP contribution is 2.37. The zero-order valence-corrected chi connectivity index (χ0v) is 22.3. The van der Waals surface area contributed by atoms with Gasteiger partial charge < -0.3 is 10.5 Å². The van der Waals surface area contributed by atoms with Crippen LogP contribution in [-0.2, 0) is 13.1 Å². The molecule has 35 heavy (non-hydrogen) atoms. The van der Waals surface area contributed by atoms with Crippen LogP contribution in [0.15, 0.2) is 46.9 Å². The fraction of sp³-hybridized carbons (Fsp3) is 0.571. The van der Waals surface area contributed by atoms with Crippen LogP contribution in [0.1, 0.15) is 68.9 Å². The van der Waals surface area contributed by atoms with Crippen LogP contribution in [0.2, 0.25) is 0 Å². The van der Waals surface area contributed by atoms with E-state index in [-0.39, 0.29) is 10.6 Å². The molecule has 190 valence electrons. The van der Waals surface area contributed by atoms with E-state index in [2.05, 4.69) is 45.1 Å². The van der Waals surface area contributed by atoms with E-state index in [1.54, 1.807) is 12.1 Å². The molecule has 0 unspecified atom stereocenters. The van der Waals surface area contributed by atoms with Gasteiger partial charge in [0.2, 0.25) is 0 Å². The number of nitrogens with two attached hydrogens (primary N) is 1. The molecule has 7 heteroatoms. The van der Waals surface area contributed by atoms with Gasteiger partial charge in [0.25, 0.3) is 0 Å². The van der Waals surface area contributed by atoms with Crippen LogP contribution >= 0.6 is 15.9 Å². The van der Waals surface area contributed by atoms with Gasteiger partial charge in [-0.3, -0.25) is 15.0 Å². The molecule has 0 bridgehead atoms. The second kappa shape index (κ2) is 12.3. The molecule has 0 aromatic heterocycles. The molecule has 0 aliphatic heterocycles. The average Bonchev–Trinajstić information content (AvgIpc) is 2.87. The molecule has 0 atom stereocenters. The number of halogens is 1. The van der Waals surface area contributed by atoms with Gasteiger partial charge in [0, 0.05) is 35.7 Å². The minimum absolute atomic E-state index is 0.0319.